The van der Waals surface area contributed by atoms with Crippen molar-refractivity contribution < 1.29 is 0 Å². The van der Waals surface area contributed by atoms with E-state index < -0.39 is 0 Å². The third-order valence-electron chi connectivity index (χ3n) is 3.97. The molecule has 0 radical (unpaired) electrons. The molecule has 2 unspecified atom stereocenters. The van der Waals surface area contributed by atoms with Crippen molar-refractivity contribution in [2.45, 2.75) is 39.5 Å². The highest BCUT2D eigenvalue weighted by Crippen LogP contribution is 2.42. The predicted molar refractivity (Wildman–Crippen MR) is 66.2 cm³/mol. The minimum Gasteiger partial charge on any atom is -0.330 e. The standard InChI is InChI=1S/C12H23N5/c1-12(2)5-4-9(8-13)10(7-12)6-11-14-16-17(3)15-11/h9-10H,4-8,13H2,1-3H3. The molecule has 5 nitrogen and oxygen atoms in total. The molecule has 0 saturated heterocycles. The molecule has 2 atom stereocenters. The quantitative estimate of drug-likeness (QED) is 0.856. The lowest BCUT2D eigenvalue weighted by molar-refractivity contribution is 0.120. The predicted octanol–water partition coefficient (Wildman–Crippen LogP) is 1.15. The fraction of sp³-hybridized carbons (Fsp3) is 0.917. The molecule has 1 fully saturated rings. The summed E-state index contributed by atoms with van der Waals surface area (Å²) in [6.07, 6.45) is 4.64. The molecule has 17 heavy (non-hydrogen) atoms. The summed E-state index contributed by atoms with van der Waals surface area (Å²) in [6, 6.07) is 0. The second kappa shape index (κ2) is 4.72. The van der Waals surface area contributed by atoms with Gasteiger partial charge in [-0.3, -0.25) is 0 Å². The van der Waals surface area contributed by atoms with E-state index in [1.165, 1.54) is 24.1 Å². The summed E-state index contributed by atoms with van der Waals surface area (Å²) < 4.78 is 0. The number of aryl methyl sites for hydroxylation is 1. The number of aromatic nitrogens is 4. The van der Waals surface area contributed by atoms with E-state index in [1.54, 1.807) is 0 Å². The van der Waals surface area contributed by atoms with Crippen molar-refractivity contribution in [2.24, 2.45) is 30.0 Å². The normalized spacial score (nSPS) is 28.2. The highest BCUT2D eigenvalue weighted by Gasteiger charge is 2.34. The zero-order valence-corrected chi connectivity index (χ0v) is 11.1. The van der Waals surface area contributed by atoms with Crippen molar-refractivity contribution >= 4 is 0 Å². The fourth-order valence-electron chi connectivity index (χ4n) is 2.98. The summed E-state index contributed by atoms with van der Waals surface area (Å²) >= 11 is 0. The lowest BCUT2D eigenvalue weighted by Crippen LogP contribution is -2.35. The first-order valence-electron chi connectivity index (χ1n) is 6.43. The van der Waals surface area contributed by atoms with E-state index in [4.69, 9.17) is 5.73 Å². The van der Waals surface area contributed by atoms with Gasteiger partial charge >= 0.3 is 0 Å². The van der Waals surface area contributed by atoms with Gasteiger partial charge in [-0.25, -0.2) is 0 Å². The van der Waals surface area contributed by atoms with Crippen molar-refractivity contribution in [1.82, 2.24) is 20.2 Å². The van der Waals surface area contributed by atoms with Crippen LogP contribution < -0.4 is 5.73 Å². The van der Waals surface area contributed by atoms with Crippen LogP contribution in [0.15, 0.2) is 0 Å². The molecule has 0 aliphatic heterocycles. The van der Waals surface area contributed by atoms with Crippen molar-refractivity contribution in [3.63, 3.8) is 0 Å². The molecule has 96 valence electrons. The summed E-state index contributed by atoms with van der Waals surface area (Å²) in [7, 11) is 1.81. The van der Waals surface area contributed by atoms with Gasteiger partial charge in [-0.05, 0) is 48.3 Å². The Bertz CT molecular complexity index is 371. The van der Waals surface area contributed by atoms with E-state index in [2.05, 4.69) is 29.3 Å². The SMILES string of the molecule is Cn1nnc(CC2CC(C)(C)CCC2CN)n1. The van der Waals surface area contributed by atoms with Gasteiger partial charge in [-0.1, -0.05) is 13.8 Å². The summed E-state index contributed by atoms with van der Waals surface area (Å²) in [4.78, 5) is 1.53. The smallest absolute Gasteiger partial charge is 0.175 e. The van der Waals surface area contributed by atoms with Gasteiger partial charge < -0.3 is 5.73 Å². The largest absolute Gasteiger partial charge is 0.330 e. The van der Waals surface area contributed by atoms with Crippen molar-refractivity contribution in [3.8, 4) is 0 Å². The summed E-state index contributed by atoms with van der Waals surface area (Å²) in [6.45, 7) is 5.47. The van der Waals surface area contributed by atoms with Crippen LogP contribution in [0.25, 0.3) is 0 Å². The summed E-state index contributed by atoms with van der Waals surface area (Å²) in [5.41, 5.74) is 6.31. The van der Waals surface area contributed by atoms with E-state index >= 15 is 0 Å². The van der Waals surface area contributed by atoms with E-state index in [0.717, 1.165) is 18.8 Å². The molecule has 0 bridgehead atoms. The number of hydrogen-bond donors (Lipinski definition) is 1. The van der Waals surface area contributed by atoms with Crippen molar-refractivity contribution in [2.75, 3.05) is 6.54 Å². The van der Waals surface area contributed by atoms with Crippen LogP contribution in [0.1, 0.15) is 38.9 Å². The minimum absolute atomic E-state index is 0.429. The Morgan fingerprint density at radius 3 is 2.76 bits per heavy atom. The number of tetrazole rings is 1. The van der Waals surface area contributed by atoms with Gasteiger partial charge in [-0.15, -0.1) is 10.2 Å². The maximum absolute atomic E-state index is 5.88. The maximum Gasteiger partial charge on any atom is 0.175 e. The van der Waals surface area contributed by atoms with Gasteiger partial charge in [0.05, 0.1) is 7.05 Å². The highest BCUT2D eigenvalue weighted by atomic mass is 15.6. The maximum atomic E-state index is 5.88. The molecular formula is C12H23N5. The molecule has 5 heteroatoms. The summed E-state index contributed by atoms with van der Waals surface area (Å²) in [5, 5.41) is 12.3. The Morgan fingerprint density at radius 1 is 1.41 bits per heavy atom. The Morgan fingerprint density at radius 2 is 2.18 bits per heavy atom. The first-order chi connectivity index (χ1) is 8.00. The van der Waals surface area contributed by atoms with Gasteiger partial charge in [0.15, 0.2) is 5.82 Å². The van der Waals surface area contributed by atoms with Crippen LogP contribution in [0, 0.1) is 17.3 Å². The molecule has 1 aliphatic rings. The van der Waals surface area contributed by atoms with Crippen LogP contribution in [0.4, 0.5) is 0 Å². The van der Waals surface area contributed by atoms with Crippen LogP contribution in [0.5, 0.6) is 0 Å². The molecule has 1 aromatic rings. The first kappa shape index (κ1) is 12.5. The van der Waals surface area contributed by atoms with E-state index in [0.29, 0.717) is 17.3 Å². The van der Waals surface area contributed by atoms with Crippen LogP contribution in [-0.2, 0) is 13.5 Å². The Kier molecular flexibility index (Phi) is 3.47. The van der Waals surface area contributed by atoms with Crippen molar-refractivity contribution in [1.29, 1.82) is 0 Å². The average molecular weight is 237 g/mol. The van der Waals surface area contributed by atoms with Crippen LogP contribution in [-0.4, -0.2) is 26.8 Å². The fourth-order valence-corrected chi connectivity index (χ4v) is 2.98. The Balaban J connectivity index is 2.05. The lowest BCUT2D eigenvalue weighted by Gasteiger charge is -2.40. The third-order valence-corrected chi connectivity index (χ3v) is 3.97. The average Bonchev–Trinajstić information content (AvgIpc) is 2.63. The van der Waals surface area contributed by atoms with Crippen LogP contribution in [0.3, 0.4) is 0 Å². The molecule has 1 heterocycles. The van der Waals surface area contributed by atoms with Gasteiger partial charge in [0.25, 0.3) is 0 Å². The van der Waals surface area contributed by atoms with E-state index in [-0.39, 0.29) is 0 Å². The third kappa shape index (κ3) is 3.03. The lowest BCUT2D eigenvalue weighted by atomic mass is 9.66. The zero-order chi connectivity index (χ0) is 12.5. The highest BCUT2D eigenvalue weighted by molar-refractivity contribution is 4.91. The van der Waals surface area contributed by atoms with Crippen LogP contribution in [0.2, 0.25) is 0 Å². The van der Waals surface area contributed by atoms with Gasteiger partial charge in [0.2, 0.25) is 0 Å². The Hall–Kier alpha value is -0.970. The monoisotopic (exact) mass is 237 g/mol. The van der Waals surface area contributed by atoms with Gasteiger partial charge in [0, 0.05) is 6.42 Å². The second-order valence-corrected chi connectivity index (χ2v) is 6.06. The second-order valence-electron chi connectivity index (χ2n) is 6.06. The van der Waals surface area contributed by atoms with Crippen LogP contribution >= 0.6 is 0 Å². The molecule has 0 amide bonds. The number of rotatable bonds is 3. The van der Waals surface area contributed by atoms with Crippen molar-refractivity contribution in [3.05, 3.63) is 5.82 Å². The summed E-state index contributed by atoms with van der Waals surface area (Å²) in [5.74, 6) is 2.08. The number of nitrogens with zero attached hydrogens (tertiary/aromatic N) is 4. The first-order valence-corrected chi connectivity index (χ1v) is 6.43. The van der Waals surface area contributed by atoms with E-state index in [9.17, 15) is 0 Å². The molecule has 1 aromatic heterocycles. The molecule has 1 saturated carbocycles. The number of nitrogens with two attached hydrogens (primary N) is 1. The molecule has 2 N–H and O–H groups in total. The molecule has 2 rings (SSSR count). The molecular weight excluding hydrogens is 214 g/mol. The number of hydrogen-bond acceptors (Lipinski definition) is 4. The van der Waals surface area contributed by atoms with Gasteiger partial charge in [-0.2, -0.15) is 4.80 Å². The van der Waals surface area contributed by atoms with Gasteiger partial charge in [0.1, 0.15) is 0 Å². The molecule has 1 aliphatic carbocycles. The molecule has 0 aromatic carbocycles. The minimum atomic E-state index is 0.429. The molecule has 0 spiro atoms. The Labute approximate surface area is 103 Å². The zero-order valence-electron chi connectivity index (χ0n) is 11.1. The van der Waals surface area contributed by atoms with E-state index in [1.807, 2.05) is 7.05 Å². The topological polar surface area (TPSA) is 69.6 Å².